The molecule has 180 valence electrons. The van der Waals surface area contributed by atoms with Gasteiger partial charge in [0.2, 0.25) is 11.8 Å². The molecule has 2 aromatic rings. The van der Waals surface area contributed by atoms with E-state index < -0.39 is 0 Å². The molecule has 3 heterocycles. The molecule has 1 aromatic heterocycles. The lowest BCUT2D eigenvalue weighted by Gasteiger charge is -2.31. The molecule has 2 saturated heterocycles. The van der Waals surface area contributed by atoms with Gasteiger partial charge in [0.25, 0.3) is 5.91 Å². The fourth-order valence-electron chi connectivity index (χ4n) is 4.60. The van der Waals surface area contributed by atoms with Crippen LogP contribution in [0.1, 0.15) is 41.9 Å². The largest absolute Gasteiger partial charge is 0.480 e. The van der Waals surface area contributed by atoms with Crippen LogP contribution in [0.4, 0.5) is 11.4 Å². The maximum Gasteiger partial charge on any atom is 0.253 e. The number of hydrogen-bond acceptors (Lipinski definition) is 6. The molecule has 0 aliphatic carbocycles. The van der Waals surface area contributed by atoms with E-state index in [1.807, 2.05) is 17.0 Å². The quantitative estimate of drug-likeness (QED) is 0.600. The lowest BCUT2D eigenvalue weighted by atomic mass is 10.0. The normalized spacial score (nSPS) is 18.0. The summed E-state index contributed by atoms with van der Waals surface area (Å²) in [6, 6.07) is 5.52. The fraction of sp³-hybridized carbons (Fsp3) is 0.440. The lowest BCUT2D eigenvalue weighted by molar-refractivity contribution is -0.111. The first-order chi connectivity index (χ1) is 16.5. The average molecular weight is 484 g/mol. The Hall–Kier alpha value is -3.13. The van der Waals surface area contributed by atoms with E-state index in [4.69, 9.17) is 16.3 Å². The van der Waals surface area contributed by atoms with E-state index >= 15 is 0 Å². The summed E-state index contributed by atoms with van der Waals surface area (Å²) >= 11 is 6.03. The third-order valence-electron chi connectivity index (χ3n) is 6.38. The van der Waals surface area contributed by atoms with Crippen LogP contribution in [0.3, 0.4) is 0 Å². The molecule has 2 fully saturated rings. The molecule has 0 unspecified atom stereocenters. The third kappa shape index (κ3) is 5.50. The lowest BCUT2D eigenvalue weighted by Crippen LogP contribution is -2.32. The molecule has 2 aliphatic rings. The van der Waals surface area contributed by atoms with E-state index in [1.165, 1.54) is 19.6 Å². The highest BCUT2D eigenvalue weighted by atomic mass is 35.5. The molecule has 0 bridgehead atoms. The molecule has 2 amide bonds. The van der Waals surface area contributed by atoms with Crippen LogP contribution in [0.2, 0.25) is 5.02 Å². The Labute approximate surface area is 205 Å². The second-order valence-corrected chi connectivity index (χ2v) is 9.13. The third-order valence-corrected chi connectivity index (χ3v) is 6.64. The zero-order chi connectivity index (χ0) is 24.1. The Morgan fingerprint density at radius 2 is 2.06 bits per heavy atom. The summed E-state index contributed by atoms with van der Waals surface area (Å²) in [7, 11) is 1.53. The highest BCUT2D eigenvalue weighted by Gasteiger charge is 2.29. The summed E-state index contributed by atoms with van der Waals surface area (Å²) in [5, 5.41) is 3.26. The highest BCUT2D eigenvalue weighted by molar-refractivity contribution is 6.31. The van der Waals surface area contributed by atoms with Crippen molar-refractivity contribution >= 4 is 34.8 Å². The number of hydrogen-bond donors (Lipinski definition) is 1. The van der Waals surface area contributed by atoms with Crippen molar-refractivity contribution in [1.82, 2.24) is 14.9 Å². The number of benzene rings is 1. The van der Waals surface area contributed by atoms with Crippen LogP contribution in [-0.4, -0.2) is 60.0 Å². The van der Waals surface area contributed by atoms with Gasteiger partial charge in [0.05, 0.1) is 24.7 Å². The number of anilines is 2. The van der Waals surface area contributed by atoms with Crippen molar-refractivity contribution < 1.29 is 14.3 Å². The minimum absolute atomic E-state index is 0.00281. The Kier molecular flexibility index (Phi) is 7.67. The Morgan fingerprint density at radius 3 is 2.79 bits per heavy atom. The Balaban J connectivity index is 1.47. The smallest absolute Gasteiger partial charge is 0.253 e. The summed E-state index contributed by atoms with van der Waals surface area (Å²) < 4.78 is 5.19. The Morgan fingerprint density at radius 1 is 1.26 bits per heavy atom. The zero-order valence-corrected chi connectivity index (χ0v) is 20.2. The summed E-state index contributed by atoms with van der Waals surface area (Å²) in [4.78, 5) is 38.1. The van der Waals surface area contributed by atoms with Gasteiger partial charge in [-0.3, -0.25) is 9.59 Å². The molecular weight excluding hydrogens is 454 g/mol. The van der Waals surface area contributed by atoms with Crippen LogP contribution in [0.5, 0.6) is 5.88 Å². The first-order valence-corrected chi connectivity index (χ1v) is 12.0. The number of piperidine rings is 1. The molecule has 1 atom stereocenters. The summed E-state index contributed by atoms with van der Waals surface area (Å²) in [6.07, 6.45) is 7.73. The number of nitrogens with one attached hydrogen (secondary N) is 1. The topological polar surface area (TPSA) is 87.7 Å². The molecule has 9 heteroatoms. The summed E-state index contributed by atoms with van der Waals surface area (Å²) in [6.45, 7) is 6.68. The number of likely N-dealkylation sites (tertiary alicyclic amines) is 1. The number of carbonyl (C=O) groups excluding carboxylic acids is 2. The predicted molar refractivity (Wildman–Crippen MR) is 133 cm³/mol. The molecule has 0 spiro atoms. The van der Waals surface area contributed by atoms with Crippen molar-refractivity contribution in [2.24, 2.45) is 5.92 Å². The van der Waals surface area contributed by atoms with Gasteiger partial charge in [0.1, 0.15) is 10.8 Å². The average Bonchev–Trinajstić information content (AvgIpc) is 3.33. The zero-order valence-electron chi connectivity index (χ0n) is 19.4. The minimum atomic E-state index is -0.263. The number of methoxy groups -OCH3 is 1. The van der Waals surface area contributed by atoms with E-state index in [2.05, 4.69) is 26.8 Å². The SMILES string of the molecule is C=CC(=O)Nc1ccc(C(=O)N2CC[C@@H](Cc3ncc(Cl)c(OC)n3)C2)cc1N1CCCCC1. The second kappa shape index (κ2) is 10.9. The van der Waals surface area contributed by atoms with Crippen LogP contribution in [0.15, 0.2) is 37.1 Å². The standard InChI is InChI=1S/C25H30ClN5O3/c1-3-23(32)28-20-8-7-18(14-21(20)30-10-5-4-6-11-30)25(33)31-12-9-17(16-31)13-22-27-15-19(26)24(29-22)34-2/h3,7-8,14-15,17H,1,4-6,9-13,16H2,2H3,(H,28,32)/t17-/m0/s1. The van der Waals surface area contributed by atoms with Gasteiger partial charge in [-0.2, -0.15) is 4.98 Å². The van der Waals surface area contributed by atoms with E-state index in [0.29, 0.717) is 47.5 Å². The predicted octanol–water partition coefficient (Wildman–Crippen LogP) is 3.96. The number of ether oxygens (including phenoxy) is 1. The van der Waals surface area contributed by atoms with Gasteiger partial charge in [0.15, 0.2) is 0 Å². The van der Waals surface area contributed by atoms with E-state index in [0.717, 1.165) is 38.0 Å². The van der Waals surface area contributed by atoms with E-state index in [-0.39, 0.29) is 17.7 Å². The molecular formula is C25H30ClN5O3. The molecule has 4 rings (SSSR count). The monoisotopic (exact) mass is 483 g/mol. The van der Waals surface area contributed by atoms with E-state index in [1.54, 1.807) is 12.3 Å². The number of halogens is 1. The Bertz CT molecular complexity index is 1070. The van der Waals surface area contributed by atoms with Crippen molar-refractivity contribution in [3.05, 3.63) is 53.5 Å². The number of nitrogens with zero attached hydrogens (tertiary/aromatic N) is 4. The van der Waals surface area contributed by atoms with Crippen molar-refractivity contribution in [3.63, 3.8) is 0 Å². The van der Waals surface area contributed by atoms with Gasteiger partial charge >= 0.3 is 0 Å². The number of aromatic nitrogens is 2. The van der Waals surface area contributed by atoms with Crippen molar-refractivity contribution in [2.45, 2.75) is 32.1 Å². The highest BCUT2D eigenvalue weighted by Crippen LogP contribution is 2.31. The van der Waals surface area contributed by atoms with Gasteiger partial charge in [-0.05, 0) is 55.9 Å². The molecule has 0 saturated carbocycles. The first kappa shape index (κ1) is 24.0. The van der Waals surface area contributed by atoms with Gasteiger partial charge in [0, 0.05) is 38.2 Å². The molecule has 8 nitrogen and oxygen atoms in total. The fourth-order valence-corrected chi connectivity index (χ4v) is 4.77. The number of amides is 2. The van der Waals surface area contributed by atoms with Crippen LogP contribution < -0.4 is 15.0 Å². The summed E-state index contributed by atoms with van der Waals surface area (Å²) in [5.41, 5.74) is 2.22. The number of carbonyl (C=O) groups is 2. The van der Waals surface area contributed by atoms with Crippen molar-refractivity contribution in [1.29, 1.82) is 0 Å². The minimum Gasteiger partial charge on any atom is -0.480 e. The van der Waals surface area contributed by atoms with Gasteiger partial charge in [-0.25, -0.2) is 4.98 Å². The van der Waals surface area contributed by atoms with Gasteiger partial charge in [-0.1, -0.05) is 18.2 Å². The van der Waals surface area contributed by atoms with Crippen molar-refractivity contribution in [3.8, 4) is 5.88 Å². The van der Waals surface area contributed by atoms with Crippen LogP contribution in [-0.2, 0) is 11.2 Å². The van der Waals surface area contributed by atoms with E-state index in [9.17, 15) is 9.59 Å². The van der Waals surface area contributed by atoms with Crippen LogP contribution in [0, 0.1) is 5.92 Å². The second-order valence-electron chi connectivity index (χ2n) is 8.73. The molecule has 1 aromatic carbocycles. The van der Waals surface area contributed by atoms with Gasteiger partial charge < -0.3 is 19.9 Å². The number of rotatable bonds is 7. The molecule has 34 heavy (non-hydrogen) atoms. The van der Waals surface area contributed by atoms with Crippen LogP contribution >= 0.6 is 11.6 Å². The molecule has 2 aliphatic heterocycles. The van der Waals surface area contributed by atoms with Crippen molar-refractivity contribution in [2.75, 3.05) is 43.5 Å². The summed E-state index contributed by atoms with van der Waals surface area (Å²) in [5.74, 6) is 1.03. The molecule has 0 radical (unpaired) electrons. The van der Waals surface area contributed by atoms with Crippen LogP contribution in [0.25, 0.3) is 0 Å². The maximum absolute atomic E-state index is 13.3. The molecule has 1 N–H and O–H groups in total. The first-order valence-electron chi connectivity index (χ1n) is 11.7. The van der Waals surface area contributed by atoms with Gasteiger partial charge in [-0.15, -0.1) is 0 Å². The maximum atomic E-state index is 13.3.